The van der Waals surface area contributed by atoms with Crippen molar-refractivity contribution in [2.45, 2.75) is 19.1 Å². The van der Waals surface area contributed by atoms with Gasteiger partial charge in [0.1, 0.15) is 0 Å². The summed E-state index contributed by atoms with van der Waals surface area (Å²) < 4.78 is 2.39. The molecule has 5 aromatic carbocycles. The summed E-state index contributed by atoms with van der Waals surface area (Å²) in [5.74, 6) is 0. The Balaban J connectivity index is 1.27. The molecular weight excluding hydrogens is 534 g/mol. The fourth-order valence-corrected chi connectivity index (χ4v) is 6.64. The normalized spacial score (nSPS) is 16.6. The summed E-state index contributed by atoms with van der Waals surface area (Å²) in [6.45, 7) is 0. The van der Waals surface area contributed by atoms with E-state index in [1.165, 1.54) is 49.6 Å². The lowest BCUT2D eigenvalue weighted by atomic mass is 9.95. The smallest absolute Gasteiger partial charge is 0.203 e. The van der Waals surface area contributed by atoms with E-state index in [1.54, 1.807) is 0 Å². The quantitative estimate of drug-likeness (QED) is 0.203. The van der Waals surface area contributed by atoms with Crippen LogP contribution in [0.15, 0.2) is 157 Å². The Morgan fingerprint density at radius 3 is 1.82 bits per heavy atom. The molecule has 0 saturated heterocycles. The van der Waals surface area contributed by atoms with E-state index in [0.717, 1.165) is 29.8 Å². The van der Waals surface area contributed by atoms with Crippen LogP contribution in [0.2, 0.25) is 0 Å². The predicted molar refractivity (Wildman–Crippen MR) is 185 cm³/mol. The first kappa shape index (κ1) is 26.2. The molecule has 1 aromatic heterocycles. The number of hydrogen-bond donors (Lipinski definition) is 0. The third-order valence-corrected chi connectivity index (χ3v) is 8.96. The van der Waals surface area contributed by atoms with Crippen LogP contribution >= 0.6 is 0 Å². The van der Waals surface area contributed by atoms with Gasteiger partial charge in [-0.15, -0.1) is 0 Å². The van der Waals surface area contributed by atoms with Gasteiger partial charge in [-0.3, -0.25) is 0 Å². The number of hydrogen-bond acceptors (Lipinski definition) is 2. The van der Waals surface area contributed by atoms with Gasteiger partial charge < -0.3 is 9.47 Å². The van der Waals surface area contributed by atoms with Gasteiger partial charge in [-0.2, -0.15) is 0 Å². The predicted octanol–water partition coefficient (Wildman–Crippen LogP) is 10.1. The number of nitrogens with zero attached hydrogens (tertiary/aromatic N) is 3. The van der Waals surface area contributed by atoms with Gasteiger partial charge in [0.05, 0.1) is 16.7 Å². The Bertz CT molecular complexity index is 2050. The van der Waals surface area contributed by atoms with E-state index in [1.807, 2.05) is 0 Å². The van der Waals surface area contributed by atoms with Crippen molar-refractivity contribution in [3.8, 4) is 11.1 Å². The molecule has 0 bridgehead atoms. The standard InChI is InChI=1S/C41H33N3/c1-43-40(34-26-22-32(23-27-34)30-14-6-3-7-15-30)28-37(33-24-20-31(21-25-33)29-12-4-2-5-13-29)42-41(43)44-38-18-10-8-16-35(38)36-17-9-11-19-39(36)44/h2-4,6-12,14-28,41H,5,13H2,1H3. The molecule has 3 heteroatoms. The second-order valence-electron chi connectivity index (χ2n) is 11.6. The van der Waals surface area contributed by atoms with Gasteiger partial charge in [-0.25, -0.2) is 4.99 Å². The minimum absolute atomic E-state index is 0.255. The summed E-state index contributed by atoms with van der Waals surface area (Å²) in [6.07, 6.45) is 10.8. The van der Waals surface area contributed by atoms with Gasteiger partial charge in [0.2, 0.25) is 6.29 Å². The van der Waals surface area contributed by atoms with Crippen LogP contribution in [0.1, 0.15) is 35.8 Å². The second kappa shape index (κ2) is 11.0. The Kier molecular flexibility index (Phi) is 6.57. The van der Waals surface area contributed by atoms with Crippen LogP contribution in [0.25, 0.3) is 44.2 Å². The molecule has 1 aliphatic carbocycles. The van der Waals surface area contributed by atoms with Crippen LogP contribution in [-0.4, -0.2) is 22.2 Å². The molecule has 2 aliphatic rings. The molecule has 0 saturated carbocycles. The zero-order valence-corrected chi connectivity index (χ0v) is 24.8. The number of rotatable bonds is 5. The molecule has 0 spiro atoms. The van der Waals surface area contributed by atoms with Crippen LogP contribution in [0.4, 0.5) is 0 Å². The summed E-state index contributed by atoms with van der Waals surface area (Å²) in [5.41, 5.74) is 11.9. The van der Waals surface area contributed by atoms with Crippen molar-refractivity contribution in [2.24, 2.45) is 4.99 Å². The van der Waals surface area contributed by atoms with Gasteiger partial charge in [0.25, 0.3) is 0 Å². The van der Waals surface area contributed by atoms with Crippen molar-refractivity contribution in [1.29, 1.82) is 0 Å². The molecule has 212 valence electrons. The number of allylic oxidation sites excluding steroid dienone is 5. The van der Waals surface area contributed by atoms with Crippen molar-refractivity contribution in [1.82, 2.24) is 9.47 Å². The highest BCUT2D eigenvalue weighted by Gasteiger charge is 2.28. The molecule has 0 amide bonds. The molecule has 0 N–H and O–H groups in total. The van der Waals surface area contributed by atoms with Crippen LogP contribution in [0.5, 0.6) is 0 Å². The van der Waals surface area contributed by atoms with Crippen molar-refractivity contribution >= 4 is 38.8 Å². The van der Waals surface area contributed by atoms with E-state index in [2.05, 4.69) is 168 Å². The van der Waals surface area contributed by atoms with Crippen molar-refractivity contribution in [2.75, 3.05) is 7.05 Å². The Morgan fingerprint density at radius 1 is 0.591 bits per heavy atom. The summed E-state index contributed by atoms with van der Waals surface area (Å²) >= 11 is 0. The number of benzene rings is 5. The fraction of sp³-hybridized carbons (Fsp3) is 0.0976. The molecule has 1 atom stereocenters. The zero-order chi connectivity index (χ0) is 29.5. The van der Waals surface area contributed by atoms with Crippen LogP contribution in [0, 0.1) is 0 Å². The topological polar surface area (TPSA) is 20.5 Å². The molecular formula is C41H33N3. The average molecular weight is 568 g/mol. The Morgan fingerprint density at radius 2 is 1.16 bits per heavy atom. The van der Waals surface area contributed by atoms with E-state index in [0.29, 0.717) is 0 Å². The lowest BCUT2D eigenvalue weighted by Crippen LogP contribution is -2.31. The summed E-state index contributed by atoms with van der Waals surface area (Å²) in [4.78, 5) is 7.78. The maximum atomic E-state index is 5.46. The summed E-state index contributed by atoms with van der Waals surface area (Å²) in [6, 6.07) is 45.8. The van der Waals surface area contributed by atoms with Crippen molar-refractivity contribution in [3.63, 3.8) is 0 Å². The molecule has 1 unspecified atom stereocenters. The van der Waals surface area contributed by atoms with Crippen LogP contribution in [-0.2, 0) is 0 Å². The second-order valence-corrected chi connectivity index (χ2v) is 11.6. The molecule has 0 radical (unpaired) electrons. The van der Waals surface area contributed by atoms with E-state index in [4.69, 9.17) is 4.99 Å². The lowest BCUT2D eigenvalue weighted by molar-refractivity contribution is 0.282. The van der Waals surface area contributed by atoms with E-state index >= 15 is 0 Å². The number of aliphatic imine (C=N–C) groups is 1. The van der Waals surface area contributed by atoms with Crippen molar-refractivity contribution in [3.05, 3.63) is 168 Å². The minimum Gasteiger partial charge on any atom is -0.335 e. The van der Waals surface area contributed by atoms with Gasteiger partial charge >= 0.3 is 0 Å². The number of aromatic nitrogens is 1. The number of para-hydroxylation sites is 2. The molecule has 0 fully saturated rings. The molecule has 1 aliphatic heterocycles. The largest absolute Gasteiger partial charge is 0.335 e. The lowest BCUT2D eigenvalue weighted by Gasteiger charge is -2.35. The third-order valence-electron chi connectivity index (χ3n) is 8.96. The maximum Gasteiger partial charge on any atom is 0.203 e. The highest BCUT2D eigenvalue weighted by Crippen LogP contribution is 2.38. The first-order valence-corrected chi connectivity index (χ1v) is 15.4. The third kappa shape index (κ3) is 4.58. The van der Waals surface area contributed by atoms with E-state index in [9.17, 15) is 0 Å². The Hall–Kier alpha value is -5.41. The highest BCUT2D eigenvalue weighted by molar-refractivity contribution is 6.13. The zero-order valence-electron chi connectivity index (χ0n) is 24.8. The molecule has 2 heterocycles. The average Bonchev–Trinajstić information content (AvgIpc) is 3.44. The van der Waals surface area contributed by atoms with Crippen LogP contribution in [0.3, 0.4) is 0 Å². The van der Waals surface area contributed by atoms with E-state index < -0.39 is 0 Å². The van der Waals surface area contributed by atoms with Crippen molar-refractivity contribution < 1.29 is 0 Å². The number of fused-ring (bicyclic) bond motifs is 3. The molecule has 44 heavy (non-hydrogen) atoms. The molecule has 3 nitrogen and oxygen atoms in total. The van der Waals surface area contributed by atoms with Gasteiger partial charge in [-0.05, 0) is 64.4 Å². The van der Waals surface area contributed by atoms with Gasteiger partial charge in [0, 0.05) is 23.5 Å². The highest BCUT2D eigenvalue weighted by atomic mass is 15.4. The van der Waals surface area contributed by atoms with Gasteiger partial charge in [0.15, 0.2) is 0 Å². The first-order valence-electron chi connectivity index (χ1n) is 15.4. The molecule has 6 aromatic rings. The van der Waals surface area contributed by atoms with Gasteiger partial charge in [-0.1, -0.05) is 133 Å². The van der Waals surface area contributed by atoms with E-state index in [-0.39, 0.29) is 6.29 Å². The summed E-state index contributed by atoms with van der Waals surface area (Å²) in [5, 5.41) is 2.49. The summed E-state index contributed by atoms with van der Waals surface area (Å²) in [7, 11) is 2.16. The SMILES string of the molecule is CN1C(c2ccc(-c3ccccc3)cc2)=CC(c2ccc(C3=CC=CCC3)cc2)=NC1n1c2ccccc2c2ccccc21. The molecule has 8 rings (SSSR count). The maximum absolute atomic E-state index is 5.46. The fourth-order valence-electron chi connectivity index (χ4n) is 6.64. The monoisotopic (exact) mass is 567 g/mol. The minimum atomic E-state index is -0.255. The van der Waals surface area contributed by atoms with Crippen LogP contribution < -0.4 is 0 Å². The first-order chi connectivity index (χ1) is 21.7. The Labute approximate surface area is 258 Å².